The van der Waals surface area contributed by atoms with Crippen LogP contribution >= 0.6 is 0 Å². The standard InChI is InChI=1S/C15H14N2O5/c18-13(19)6-5-12(15(21)22)17-14(20)10-7-9-3-1-2-4-11(9)16-8-10/h1-4,7-8,12H,5-6H2,(H,17,20)(H,18,19)(H,21,22)/t12-/m0/s1. The second-order valence-electron chi connectivity index (χ2n) is 4.71. The molecule has 3 N–H and O–H groups in total. The number of carboxylic acids is 2. The number of rotatable bonds is 6. The fourth-order valence-corrected chi connectivity index (χ4v) is 1.96. The molecule has 22 heavy (non-hydrogen) atoms. The lowest BCUT2D eigenvalue weighted by Crippen LogP contribution is -2.41. The number of nitrogens with one attached hydrogen (secondary N) is 1. The average Bonchev–Trinajstić information content (AvgIpc) is 2.50. The largest absolute Gasteiger partial charge is 0.481 e. The molecule has 1 aromatic carbocycles. The third-order valence-electron chi connectivity index (χ3n) is 3.10. The second-order valence-corrected chi connectivity index (χ2v) is 4.71. The lowest BCUT2D eigenvalue weighted by Gasteiger charge is -2.13. The van der Waals surface area contributed by atoms with E-state index >= 15 is 0 Å². The van der Waals surface area contributed by atoms with Gasteiger partial charge < -0.3 is 15.5 Å². The van der Waals surface area contributed by atoms with Crippen molar-refractivity contribution in [1.29, 1.82) is 0 Å². The monoisotopic (exact) mass is 302 g/mol. The summed E-state index contributed by atoms with van der Waals surface area (Å²) < 4.78 is 0. The third-order valence-corrected chi connectivity index (χ3v) is 3.10. The molecule has 1 aromatic heterocycles. The number of amides is 1. The van der Waals surface area contributed by atoms with Crippen LogP contribution in [-0.4, -0.2) is 39.1 Å². The summed E-state index contributed by atoms with van der Waals surface area (Å²) in [5, 5.41) is 20.7. The molecular weight excluding hydrogens is 288 g/mol. The first-order valence-corrected chi connectivity index (χ1v) is 6.57. The molecule has 0 aliphatic carbocycles. The predicted molar refractivity (Wildman–Crippen MR) is 77.5 cm³/mol. The van der Waals surface area contributed by atoms with Crippen LogP contribution in [0.5, 0.6) is 0 Å². The Morgan fingerprint density at radius 1 is 1.18 bits per heavy atom. The van der Waals surface area contributed by atoms with Crippen LogP contribution in [0.25, 0.3) is 10.9 Å². The summed E-state index contributed by atoms with van der Waals surface area (Å²) in [5.74, 6) is -2.99. The van der Waals surface area contributed by atoms with Crippen LogP contribution in [0.4, 0.5) is 0 Å². The lowest BCUT2D eigenvalue weighted by molar-refractivity contribution is -0.140. The minimum Gasteiger partial charge on any atom is -0.481 e. The van der Waals surface area contributed by atoms with Crippen molar-refractivity contribution < 1.29 is 24.6 Å². The molecule has 7 nitrogen and oxygen atoms in total. The van der Waals surface area contributed by atoms with Crippen LogP contribution in [0, 0.1) is 0 Å². The van der Waals surface area contributed by atoms with E-state index in [4.69, 9.17) is 10.2 Å². The minimum atomic E-state index is -1.27. The summed E-state index contributed by atoms with van der Waals surface area (Å²) in [6, 6.07) is 7.56. The molecule has 1 heterocycles. The van der Waals surface area contributed by atoms with E-state index in [9.17, 15) is 14.4 Å². The number of fused-ring (bicyclic) bond motifs is 1. The summed E-state index contributed by atoms with van der Waals surface area (Å²) in [5.41, 5.74) is 0.944. The van der Waals surface area contributed by atoms with Crippen molar-refractivity contribution in [2.75, 3.05) is 0 Å². The zero-order valence-corrected chi connectivity index (χ0v) is 11.5. The Kier molecular flexibility index (Phi) is 4.67. The van der Waals surface area contributed by atoms with Gasteiger partial charge in [0.25, 0.3) is 5.91 Å². The predicted octanol–water partition coefficient (Wildman–Crippen LogP) is 1.28. The fourth-order valence-electron chi connectivity index (χ4n) is 1.96. The van der Waals surface area contributed by atoms with Gasteiger partial charge in [-0.05, 0) is 18.6 Å². The number of hydrogen-bond acceptors (Lipinski definition) is 4. The van der Waals surface area contributed by atoms with Crippen molar-refractivity contribution in [3.8, 4) is 0 Å². The highest BCUT2D eigenvalue weighted by molar-refractivity contribution is 5.99. The molecular formula is C15H14N2O5. The molecule has 0 fully saturated rings. The van der Waals surface area contributed by atoms with E-state index in [-0.39, 0.29) is 18.4 Å². The van der Waals surface area contributed by atoms with Crippen LogP contribution in [0.1, 0.15) is 23.2 Å². The van der Waals surface area contributed by atoms with Crippen LogP contribution < -0.4 is 5.32 Å². The number of nitrogens with zero attached hydrogens (tertiary/aromatic N) is 1. The SMILES string of the molecule is O=C(O)CC[C@H](NC(=O)c1cnc2ccccc2c1)C(=O)O. The zero-order chi connectivity index (χ0) is 16.1. The van der Waals surface area contributed by atoms with Gasteiger partial charge in [0.1, 0.15) is 6.04 Å². The van der Waals surface area contributed by atoms with Gasteiger partial charge in [0.2, 0.25) is 0 Å². The van der Waals surface area contributed by atoms with Gasteiger partial charge in [-0.25, -0.2) is 4.79 Å². The normalized spacial score (nSPS) is 11.8. The van der Waals surface area contributed by atoms with Crippen molar-refractivity contribution >= 4 is 28.7 Å². The Morgan fingerprint density at radius 2 is 1.91 bits per heavy atom. The van der Waals surface area contributed by atoms with Gasteiger partial charge in [-0.15, -0.1) is 0 Å². The summed E-state index contributed by atoms with van der Waals surface area (Å²) in [4.78, 5) is 37.8. The Labute approximate surface area is 125 Å². The minimum absolute atomic E-state index is 0.183. The van der Waals surface area contributed by atoms with Crippen molar-refractivity contribution in [3.63, 3.8) is 0 Å². The van der Waals surface area contributed by atoms with Gasteiger partial charge in [0.15, 0.2) is 0 Å². The van der Waals surface area contributed by atoms with Gasteiger partial charge in [-0.1, -0.05) is 18.2 Å². The van der Waals surface area contributed by atoms with Crippen LogP contribution in [0.2, 0.25) is 0 Å². The molecule has 7 heteroatoms. The molecule has 1 amide bonds. The highest BCUT2D eigenvalue weighted by Crippen LogP contribution is 2.13. The Balaban J connectivity index is 2.14. The fraction of sp³-hybridized carbons (Fsp3) is 0.200. The summed E-state index contributed by atoms with van der Waals surface area (Å²) in [6.07, 6.45) is 0.832. The van der Waals surface area contributed by atoms with E-state index in [1.807, 2.05) is 6.07 Å². The number of carbonyl (C=O) groups excluding carboxylic acids is 1. The lowest BCUT2D eigenvalue weighted by atomic mass is 10.1. The van der Waals surface area contributed by atoms with Crippen LogP contribution in [0.15, 0.2) is 36.5 Å². The smallest absolute Gasteiger partial charge is 0.326 e. The number of hydrogen-bond donors (Lipinski definition) is 3. The first-order valence-electron chi connectivity index (χ1n) is 6.57. The molecule has 114 valence electrons. The molecule has 2 aromatic rings. The topological polar surface area (TPSA) is 117 Å². The van der Waals surface area contributed by atoms with Gasteiger partial charge >= 0.3 is 11.9 Å². The summed E-state index contributed by atoms with van der Waals surface area (Å²) in [7, 11) is 0. The Morgan fingerprint density at radius 3 is 2.59 bits per heavy atom. The molecule has 2 rings (SSSR count). The Hall–Kier alpha value is -2.96. The number of benzene rings is 1. The maximum atomic E-state index is 12.1. The molecule has 0 saturated heterocycles. The van der Waals surface area contributed by atoms with Crippen LogP contribution in [0.3, 0.4) is 0 Å². The molecule has 0 aliphatic heterocycles. The quantitative estimate of drug-likeness (QED) is 0.740. The number of aromatic nitrogens is 1. The first kappa shape index (κ1) is 15.4. The van der Waals surface area contributed by atoms with Crippen molar-refractivity contribution in [3.05, 3.63) is 42.1 Å². The van der Waals surface area contributed by atoms with E-state index in [2.05, 4.69) is 10.3 Å². The summed E-state index contributed by atoms with van der Waals surface area (Å²) in [6.45, 7) is 0. The van der Waals surface area contributed by atoms with Crippen LogP contribution in [-0.2, 0) is 9.59 Å². The van der Waals surface area contributed by atoms with Gasteiger partial charge in [-0.2, -0.15) is 0 Å². The maximum absolute atomic E-state index is 12.1. The van der Waals surface area contributed by atoms with Crippen molar-refractivity contribution in [1.82, 2.24) is 10.3 Å². The third kappa shape index (κ3) is 3.78. The van der Waals surface area contributed by atoms with Crippen molar-refractivity contribution in [2.45, 2.75) is 18.9 Å². The first-order chi connectivity index (χ1) is 10.5. The number of para-hydroxylation sites is 1. The van der Waals surface area contributed by atoms with E-state index in [1.54, 1.807) is 24.3 Å². The molecule has 0 unspecified atom stereocenters. The average molecular weight is 302 g/mol. The van der Waals surface area contributed by atoms with E-state index in [0.717, 1.165) is 10.9 Å². The molecule has 0 bridgehead atoms. The highest BCUT2D eigenvalue weighted by Gasteiger charge is 2.21. The van der Waals surface area contributed by atoms with E-state index < -0.39 is 23.9 Å². The number of aliphatic carboxylic acids is 2. The molecule has 0 saturated carbocycles. The molecule has 0 radical (unpaired) electrons. The Bertz CT molecular complexity index is 729. The molecule has 1 atom stereocenters. The zero-order valence-electron chi connectivity index (χ0n) is 11.5. The van der Waals surface area contributed by atoms with E-state index in [0.29, 0.717) is 0 Å². The van der Waals surface area contributed by atoms with E-state index in [1.165, 1.54) is 6.20 Å². The maximum Gasteiger partial charge on any atom is 0.326 e. The highest BCUT2D eigenvalue weighted by atomic mass is 16.4. The number of pyridine rings is 1. The molecule has 0 aliphatic rings. The van der Waals surface area contributed by atoms with Gasteiger partial charge in [-0.3, -0.25) is 14.6 Å². The van der Waals surface area contributed by atoms with Gasteiger partial charge in [0.05, 0.1) is 11.1 Å². The number of carboxylic acid groups (broad SMARTS) is 2. The van der Waals surface area contributed by atoms with Crippen molar-refractivity contribution in [2.24, 2.45) is 0 Å². The second kappa shape index (κ2) is 6.66. The summed E-state index contributed by atoms with van der Waals surface area (Å²) >= 11 is 0. The van der Waals surface area contributed by atoms with Gasteiger partial charge in [0, 0.05) is 18.0 Å². The number of carbonyl (C=O) groups is 3. The molecule has 0 spiro atoms.